The zero-order valence-corrected chi connectivity index (χ0v) is 19.3. The van der Waals surface area contributed by atoms with Crippen molar-refractivity contribution in [2.45, 2.75) is 20.3 Å². The number of nitrogens with zero attached hydrogens (tertiary/aromatic N) is 1. The van der Waals surface area contributed by atoms with E-state index < -0.39 is 17.8 Å². The van der Waals surface area contributed by atoms with Crippen molar-refractivity contribution in [3.8, 4) is 5.75 Å². The third kappa shape index (κ3) is 4.73. The number of hydrogen-bond donors (Lipinski definition) is 1. The number of urea groups is 1. The molecule has 0 radical (unpaired) electrons. The van der Waals surface area contributed by atoms with Crippen molar-refractivity contribution < 1.29 is 19.1 Å². The van der Waals surface area contributed by atoms with Gasteiger partial charge in [0.1, 0.15) is 11.3 Å². The van der Waals surface area contributed by atoms with Crippen molar-refractivity contribution in [3.63, 3.8) is 0 Å². The standard InChI is InChI=1S/C23H20BrClN2O4/c1-4-6-15-9-14(11-18(24)20(15)31-5-2)10-17-21(28)26-23(30)27(22(17)29)16-8-7-13(3)19(25)12-16/h4,7-12H,1,5-6H2,2-3H3,(H,26,28,30)/b17-10-. The van der Waals surface area contributed by atoms with E-state index in [9.17, 15) is 14.4 Å². The highest BCUT2D eigenvalue weighted by molar-refractivity contribution is 9.10. The van der Waals surface area contributed by atoms with Gasteiger partial charge in [-0.15, -0.1) is 6.58 Å². The Morgan fingerprint density at radius 1 is 1.23 bits per heavy atom. The zero-order chi connectivity index (χ0) is 22.7. The Balaban J connectivity index is 2.05. The maximum Gasteiger partial charge on any atom is 0.335 e. The average Bonchev–Trinajstić information content (AvgIpc) is 2.70. The number of imide groups is 2. The minimum atomic E-state index is -0.827. The molecule has 31 heavy (non-hydrogen) atoms. The van der Waals surface area contributed by atoms with E-state index in [-0.39, 0.29) is 11.3 Å². The molecule has 8 heteroatoms. The number of benzene rings is 2. The van der Waals surface area contributed by atoms with E-state index in [1.54, 1.807) is 24.3 Å². The van der Waals surface area contributed by atoms with E-state index in [0.717, 1.165) is 16.0 Å². The minimum Gasteiger partial charge on any atom is -0.492 e. The van der Waals surface area contributed by atoms with Crippen LogP contribution >= 0.6 is 27.5 Å². The Morgan fingerprint density at radius 2 is 1.97 bits per heavy atom. The first kappa shape index (κ1) is 22.8. The van der Waals surface area contributed by atoms with Crippen LogP contribution in [0.3, 0.4) is 0 Å². The summed E-state index contributed by atoms with van der Waals surface area (Å²) in [5, 5.41) is 2.62. The van der Waals surface area contributed by atoms with Crippen LogP contribution in [0.2, 0.25) is 5.02 Å². The molecule has 160 valence electrons. The molecule has 0 atom stereocenters. The van der Waals surface area contributed by atoms with Crippen LogP contribution in [-0.2, 0) is 16.0 Å². The van der Waals surface area contributed by atoms with Crippen LogP contribution in [-0.4, -0.2) is 24.5 Å². The van der Waals surface area contributed by atoms with Gasteiger partial charge in [0.2, 0.25) is 0 Å². The summed E-state index contributed by atoms with van der Waals surface area (Å²) in [6, 6.07) is 7.54. The number of halogens is 2. The number of carbonyl (C=O) groups excluding carboxylic acids is 3. The predicted molar refractivity (Wildman–Crippen MR) is 124 cm³/mol. The molecule has 1 aliphatic rings. The summed E-state index contributed by atoms with van der Waals surface area (Å²) in [6.45, 7) is 7.94. The van der Waals surface area contributed by atoms with Gasteiger partial charge < -0.3 is 4.74 Å². The number of allylic oxidation sites excluding steroid dienone is 1. The summed E-state index contributed by atoms with van der Waals surface area (Å²) < 4.78 is 6.37. The molecule has 1 fully saturated rings. The van der Waals surface area contributed by atoms with Gasteiger partial charge in [0.05, 0.1) is 16.8 Å². The molecule has 1 aliphatic heterocycles. The first-order chi connectivity index (χ1) is 14.8. The SMILES string of the molecule is C=CCc1cc(/C=C2/C(=O)NC(=O)N(c3ccc(C)c(Cl)c3)C2=O)cc(Br)c1OCC. The van der Waals surface area contributed by atoms with E-state index in [0.29, 0.717) is 33.8 Å². The molecule has 2 aromatic rings. The summed E-state index contributed by atoms with van der Waals surface area (Å²) in [6.07, 6.45) is 3.72. The summed E-state index contributed by atoms with van der Waals surface area (Å²) in [5.41, 5.74) is 2.35. The number of rotatable bonds is 6. The van der Waals surface area contributed by atoms with Crippen LogP contribution < -0.4 is 15.0 Å². The minimum absolute atomic E-state index is 0.170. The fourth-order valence-corrected chi connectivity index (χ4v) is 3.96. The highest BCUT2D eigenvalue weighted by Gasteiger charge is 2.37. The van der Waals surface area contributed by atoms with Crippen molar-refractivity contribution in [2.75, 3.05) is 11.5 Å². The molecule has 2 aromatic carbocycles. The molecule has 0 bridgehead atoms. The van der Waals surface area contributed by atoms with Crippen molar-refractivity contribution in [1.82, 2.24) is 5.32 Å². The molecular formula is C23H20BrClN2O4. The highest BCUT2D eigenvalue weighted by Crippen LogP contribution is 2.33. The molecule has 0 unspecified atom stereocenters. The Morgan fingerprint density at radius 3 is 2.61 bits per heavy atom. The second-order valence-electron chi connectivity index (χ2n) is 6.81. The highest BCUT2D eigenvalue weighted by atomic mass is 79.9. The molecule has 1 saturated heterocycles. The van der Waals surface area contributed by atoms with Crippen molar-refractivity contribution in [1.29, 1.82) is 0 Å². The molecule has 4 amide bonds. The van der Waals surface area contributed by atoms with Gasteiger partial charge in [-0.1, -0.05) is 23.7 Å². The first-order valence-corrected chi connectivity index (χ1v) is 10.7. The molecule has 1 heterocycles. The van der Waals surface area contributed by atoms with Crippen molar-refractivity contribution in [3.05, 3.63) is 74.7 Å². The topological polar surface area (TPSA) is 75.7 Å². The summed E-state index contributed by atoms with van der Waals surface area (Å²) in [5.74, 6) is -0.821. The third-order valence-electron chi connectivity index (χ3n) is 4.62. The zero-order valence-electron chi connectivity index (χ0n) is 17.0. The smallest absolute Gasteiger partial charge is 0.335 e. The lowest BCUT2D eigenvalue weighted by atomic mass is 10.0. The number of ether oxygens (including phenoxy) is 1. The maximum absolute atomic E-state index is 13.1. The van der Waals surface area contributed by atoms with Crippen LogP contribution in [0.1, 0.15) is 23.6 Å². The first-order valence-electron chi connectivity index (χ1n) is 9.50. The van der Waals surface area contributed by atoms with E-state index in [4.69, 9.17) is 16.3 Å². The van der Waals surface area contributed by atoms with Gasteiger partial charge >= 0.3 is 6.03 Å². The number of carbonyl (C=O) groups is 3. The third-order valence-corrected chi connectivity index (χ3v) is 5.62. The number of barbiturate groups is 1. The predicted octanol–water partition coefficient (Wildman–Crippen LogP) is 5.20. The second-order valence-corrected chi connectivity index (χ2v) is 8.07. The number of anilines is 1. The quantitative estimate of drug-likeness (QED) is 0.334. The number of aryl methyl sites for hydroxylation is 1. The normalized spacial score (nSPS) is 15.3. The fraction of sp³-hybridized carbons (Fsp3) is 0.174. The van der Waals surface area contributed by atoms with Gasteiger partial charge in [0, 0.05) is 5.02 Å². The largest absolute Gasteiger partial charge is 0.492 e. The lowest BCUT2D eigenvalue weighted by Crippen LogP contribution is -2.54. The van der Waals surface area contributed by atoms with E-state index >= 15 is 0 Å². The summed E-state index contributed by atoms with van der Waals surface area (Å²) in [7, 11) is 0. The van der Waals surface area contributed by atoms with Crippen LogP contribution in [0, 0.1) is 6.92 Å². The average molecular weight is 504 g/mol. The molecule has 0 spiro atoms. The molecular weight excluding hydrogens is 484 g/mol. The molecule has 0 saturated carbocycles. The molecule has 0 aromatic heterocycles. The van der Waals surface area contributed by atoms with Crippen LogP contribution in [0.5, 0.6) is 5.75 Å². The molecule has 6 nitrogen and oxygen atoms in total. The summed E-state index contributed by atoms with van der Waals surface area (Å²) >= 11 is 9.64. The van der Waals surface area contributed by atoms with Crippen LogP contribution in [0.25, 0.3) is 6.08 Å². The van der Waals surface area contributed by atoms with Crippen molar-refractivity contribution >= 4 is 57.1 Å². The van der Waals surface area contributed by atoms with Gasteiger partial charge in [-0.3, -0.25) is 14.9 Å². The van der Waals surface area contributed by atoms with Gasteiger partial charge in [-0.25, -0.2) is 9.69 Å². The second kappa shape index (κ2) is 9.49. The van der Waals surface area contributed by atoms with E-state index in [1.165, 1.54) is 12.1 Å². The number of hydrogen-bond acceptors (Lipinski definition) is 4. The lowest BCUT2D eigenvalue weighted by Gasteiger charge is -2.26. The fourth-order valence-electron chi connectivity index (χ4n) is 3.15. The lowest BCUT2D eigenvalue weighted by molar-refractivity contribution is -0.122. The number of nitrogens with one attached hydrogen (secondary N) is 1. The molecule has 3 rings (SSSR count). The Labute approximate surface area is 193 Å². The maximum atomic E-state index is 13.1. The van der Waals surface area contributed by atoms with E-state index in [1.807, 2.05) is 19.9 Å². The Kier molecular flexibility index (Phi) is 6.97. The van der Waals surface area contributed by atoms with E-state index in [2.05, 4.69) is 27.8 Å². The monoisotopic (exact) mass is 502 g/mol. The summed E-state index contributed by atoms with van der Waals surface area (Å²) in [4.78, 5) is 38.8. The van der Waals surface area contributed by atoms with Gasteiger partial charge in [-0.05, 0) is 83.2 Å². The number of amides is 4. The Hall–Kier alpha value is -2.90. The van der Waals surface area contributed by atoms with Gasteiger partial charge in [-0.2, -0.15) is 0 Å². The van der Waals surface area contributed by atoms with Crippen LogP contribution in [0.15, 0.2) is 53.0 Å². The van der Waals surface area contributed by atoms with Gasteiger partial charge in [0.25, 0.3) is 11.8 Å². The van der Waals surface area contributed by atoms with Gasteiger partial charge in [0.15, 0.2) is 0 Å². The van der Waals surface area contributed by atoms with Crippen molar-refractivity contribution in [2.24, 2.45) is 0 Å². The Bertz CT molecular complexity index is 1130. The molecule has 1 N–H and O–H groups in total. The molecule has 0 aliphatic carbocycles. The van der Waals surface area contributed by atoms with Crippen LogP contribution in [0.4, 0.5) is 10.5 Å².